The molecule has 0 aromatic heterocycles. The van der Waals surface area contributed by atoms with E-state index in [1.54, 1.807) is 0 Å². The SMILES string of the molecule is CCC(C)N1CC(CNC)CNC1=O. The van der Waals surface area contributed by atoms with E-state index in [1.807, 2.05) is 11.9 Å². The molecule has 4 heteroatoms. The van der Waals surface area contributed by atoms with Gasteiger partial charge in [0.25, 0.3) is 0 Å². The van der Waals surface area contributed by atoms with Crippen LogP contribution in [0.4, 0.5) is 4.79 Å². The van der Waals surface area contributed by atoms with Gasteiger partial charge in [0.15, 0.2) is 0 Å². The molecule has 0 aromatic rings. The van der Waals surface area contributed by atoms with Crippen LogP contribution in [0.5, 0.6) is 0 Å². The lowest BCUT2D eigenvalue weighted by atomic mass is 10.1. The minimum absolute atomic E-state index is 0.0895. The summed E-state index contributed by atoms with van der Waals surface area (Å²) in [4.78, 5) is 13.5. The number of amides is 2. The molecular weight excluding hydrogens is 178 g/mol. The lowest BCUT2D eigenvalue weighted by Crippen LogP contribution is -2.55. The molecule has 1 aliphatic rings. The Morgan fingerprint density at radius 3 is 3.00 bits per heavy atom. The Kier molecular flexibility index (Phi) is 4.20. The average molecular weight is 199 g/mol. The van der Waals surface area contributed by atoms with Gasteiger partial charge in [0.2, 0.25) is 0 Å². The third-order valence-corrected chi connectivity index (χ3v) is 2.87. The molecule has 2 amide bonds. The van der Waals surface area contributed by atoms with Crippen molar-refractivity contribution in [2.24, 2.45) is 5.92 Å². The van der Waals surface area contributed by atoms with Gasteiger partial charge in [0.05, 0.1) is 0 Å². The number of hydrogen-bond donors (Lipinski definition) is 2. The summed E-state index contributed by atoms with van der Waals surface area (Å²) < 4.78 is 0. The van der Waals surface area contributed by atoms with Crippen LogP contribution in [0.2, 0.25) is 0 Å². The zero-order valence-electron chi connectivity index (χ0n) is 9.34. The van der Waals surface area contributed by atoms with Crippen LogP contribution >= 0.6 is 0 Å². The normalized spacial score (nSPS) is 24.6. The molecule has 82 valence electrons. The second-order valence-corrected chi connectivity index (χ2v) is 4.02. The molecule has 0 radical (unpaired) electrons. The number of carbonyl (C=O) groups is 1. The number of rotatable bonds is 4. The van der Waals surface area contributed by atoms with Gasteiger partial charge in [-0.1, -0.05) is 6.92 Å². The molecule has 1 rings (SSSR count). The first-order chi connectivity index (χ1) is 6.69. The summed E-state index contributed by atoms with van der Waals surface area (Å²) in [5, 5.41) is 6.08. The fraction of sp³-hybridized carbons (Fsp3) is 0.900. The molecule has 0 saturated carbocycles. The third kappa shape index (κ3) is 2.61. The fourth-order valence-electron chi connectivity index (χ4n) is 1.78. The third-order valence-electron chi connectivity index (χ3n) is 2.87. The minimum Gasteiger partial charge on any atom is -0.338 e. The van der Waals surface area contributed by atoms with Gasteiger partial charge in [0, 0.05) is 31.6 Å². The number of carbonyl (C=O) groups excluding carboxylic acids is 1. The van der Waals surface area contributed by atoms with E-state index in [9.17, 15) is 4.79 Å². The summed E-state index contributed by atoms with van der Waals surface area (Å²) in [6.07, 6.45) is 1.01. The molecule has 1 heterocycles. The largest absolute Gasteiger partial charge is 0.338 e. The first kappa shape index (κ1) is 11.3. The van der Waals surface area contributed by atoms with E-state index in [0.29, 0.717) is 12.0 Å². The van der Waals surface area contributed by atoms with Crippen LogP contribution in [-0.2, 0) is 0 Å². The number of hydrogen-bond acceptors (Lipinski definition) is 2. The monoisotopic (exact) mass is 199 g/mol. The summed E-state index contributed by atoms with van der Waals surface area (Å²) >= 11 is 0. The maximum Gasteiger partial charge on any atom is 0.317 e. The van der Waals surface area contributed by atoms with E-state index < -0.39 is 0 Å². The van der Waals surface area contributed by atoms with Gasteiger partial charge < -0.3 is 15.5 Å². The van der Waals surface area contributed by atoms with Crippen molar-refractivity contribution in [1.82, 2.24) is 15.5 Å². The van der Waals surface area contributed by atoms with Gasteiger partial charge in [-0.3, -0.25) is 0 Å². The van der Waals surface area contributed by atoms with Gasteiger partial charge in [-0.15, -0.1) is 0 Å². The van der Waals surface area contributed by atoms with E-state index in [1.165, 1.54) is 0 Å². The van der Waals surface area contributed by atoms with Crippen LogP contribution in [0.1, 0.15) is 20.3 Å². The van der Waals surface area contributed by atoms with Gasteiger partial charge >= 0.3 is 6.03 Å². The Bertz CT molecular complexity index is 196. The van der Waals surface area contributed by atoms with E-state index in [4.69, 9.17) is 0 Å². The smallest absolute Gasteiger partial charge is 0.317 e. The van der Waals surface area contributed by atoms with Crippen molar-refractivity contribution in [3.8, 4) is 0 Å². The fourth-order valence-corrected chi connectivity index (χ4v) is 1.78. The summed E-state index contributed by atoms with van der Waals surface area (Å²) in [5.74, 6) is 0.534. The lowest BCUT2D eigenvalue weighted by Gasteiger charge is -2.36. The van der Waals surface area contributed by atoms with Crippen LogP contribution in [-0.4, -0.2) is 43.7 Å². The zero-order valence-corrected chi connectivity index (χ0v) is 9.34. The summed E-state index contributed by atoms with van der Waals surface area (Å²) in [7, 11) is 1.95. The second kappa shape index (κ2) is 5.20. The van der Waals surface area contributed by atoms with Crippen molar-refractivity contribution in [3.05, 3.63) is 0 Å². The standard InChI is InChI=1S/C10H21N3O/c1-4-8(2)13-7-9(5-11-3)6-12-10(13)14/h8-9,11H,4-7H2,1-3H3,(H,12,14). The Labute approximate surface area is 86.0 Å². The van der Waals surface area contributed by atoms with Gasteiger partial charge in [-0.25, -0.2) is 4.79 Å². The van der Waals surface area contributed by atoms with Crippen LogP contribution in [0, 0.1) is 5.92 Å². The topological polar surface area (TPSA) is 44.4 Å². The number of nitrogens with zero attached hydrogens (tertiary/aromatic N) is 1. The van der Waals surface area contributed by atoms with Crippen molar-refractivity contribution < 1.29 is 4.79 Å². The van der Waals surface area contributed by atoms with E-state index in [0.717, 1.165) is 26.1 Å². The highest BCUT2D eigenvalue weighted by Crippen LogP contribution is 2.11. The molecule has 1 aliphatic heterocycles. The Morgan fingerprint density at radius 2 is 2.43 bits per heavy atom. The molecule has 1 saturated heterocycles. The molecule has 0 aliphatic carbocycles. The van der Waals surface area contributed by atoms with Gasteiger partial charge in [0.1, 0.15) is 0 Å². The Balaban J connectivity index is 2.50. The van der Waals surface area contributed by atoms with Crippen molar-refractivity contribution >= 4 is 6.03 Å². The maximum atomic E-state index is 11.5. The van der Waals surface area contributed by atoms with Crippen molar-refractivity contribution in [2.45, 2.75) is 26.3 Å². The van der Waals surface area contributed by atoms with E-state index >= 15 is 0 Å². The summed E-state index contributed by atoms with van der Waals surface area (Å²) in [6.45, 7) is 6.85. The predicted octanol–water partition coefficient (Wildman–Crippen LogP) is 0.646. The zero-order chi connectivity index (χ0) is 10.6. The molecule has 2 unspecified atom stereocenters. The molecular formula is C10H21N3O. The number of urea groups is 1. The average Bonchev–Trinajstić information content (AvgIpc) is 2.20. The van der Waals surface area contributed by atoms with Gasteiger partial charge in [-0.05, 0) is 20.4 Å². The first-order valence-corrected chi connectivity index (χ1v) is 5.38. The van der Waals surface area contributed by atoms with Crippen LogP contribution in [0.25, 0.3) is 0 Å². The highest BCUT2D eigenvalue weighted by Gasteiger charge is 2.27. The molecule has 4 nitrogen and oxygen atoms in total. The first-order valence-electron chi connectivity index (χ1n) is 5.38. The highest BCUT2D eigenvalue weighted by atomic mass is 16.2. The summed E-state index contributed by atoms with van der Waals surface area (Å²) in [5.41, 5.74) is 0. The van der Waals surface area contributed by atoms with Crippen LogP contribution < -0.4 is 10.6 Å². The van der Waals surface area contributed by atoms with Crippen molar-refractivity contribution in [3.63, 3.8) is 0 Å². The molecule has 0 aromatic carbocycles. The van der Waals surface area contributed by atoms with E-state index in [2.05, 4.69) is 24.5 Å². The molecule has 1 fully saturated rings. The predicted molar refractivity (Wildman–Crippen MR) is 57.3 cm³/mol. The molecule has 2 N–H and O–H groups in total. The molecule has 0 bridgehead atoms. The molecule has 0 spiro atoms. The van der Waals surface area contributed by atoms with Crippen LogP contribution in [0.15, 0.2) is 0 Å². The molecule has 2 atom stereocenters. The number of nitrogens with one attached hydrogen (secondary N) is 2. The van der Waals surface area contributed by atoms with Crippen molar-refractivity contribution in [2.75, 3.05) is 26.7 Å². The summed E-state index contributed by atoms with van der Waals surface area (Å²) in [6, 6.07) is 0.432. The highest BCUT2D eigenvalue weighted by molar-refractivity contribution is 5.75. The minimum atomic E-state index is 0.0895. The lowest BCUT2D eigenvalue weighted by molar-refractivity contribution is 0.143. The van der Waals surface area contributed by atoms with E-state index in [-0.39, 0.29) is 6.03 Å². The molecule has 14 heavy (non-hydrogen) atoms. The Hall–Kier alpha value is -0.770. The van der Waals surface area contributed by atoms with Gasteiger partial charge in [-0.2, -0.15) is 0 Å². The maximum absolute atomic E-state index is 11.5. The second-order valence-electron chi connectivity index (χ2n) is 4.02. The Morgan fingerprint density at radius 1 is 1.71 bits per heavy atom. The quantitative estimate of drug-likeness (QED) is 0.698. The van der Waals surface area contributed by atoms with Crippen LogP contribution in [0.3, 0.4) is 0 Å². The van der Waals surface area contributed by atoms with Crippen molar-refractivity contribution in [1.29, 1.82) is 0 Å².